The Hall–Kier alpha value is -0.520. The van der Waals surface area contributed by atoms with E-state index in [1.165, 1.54) is 51.4 Å². The van der Waals surface area contributed by atoms with Crippen molar-refractivity contribution in [3.8, 4) is 0 Å². The topological polar surface area (TPSA) is 0 Å². The van der Waals surface area contributed by atoms with E-state index >= 15 is 0 Å². The van der Waals surface area contributed by atoms with E-state index in [1.54, 1.807) is 0 Å². The maximum atomic E-state index is 2.53. The summed E-state index contributed by atoms with van der Waals surface area (Å²) in [6, 6.07) is 0. The zero-order chi connectivity index (χ0) is 14.6. The van der Waals surface area contributed by atoms with E-state index in [0.29, 0.717) is 5.41 Å². The molecule has 2 saturated carbocycles. The minimum absolute atomic E-state index is 0.496. The minimum atomic E-state index is 0.496. The average Bonchev–Trinajstić information content (AvgIpc) is 3.09. The molecule has 2 fully saturated rings. The van der Waals surface area contributed by atoms with Gasteiger partial charge in [0.15, 0.2) is 0 Å². The van der Waals surface area contributed by atoms with Gasteiger partial charge in [0.05, 0.1) is 0 Å². The normalized spacial score (nSPS) is 40.0. The molecular formula is C21H32. The van der Waals surface area contributed by atoms with Crippen molar-refractivity contribution in [1.82, 2.24) is 0 Å². The first kappa shape index (κ1) is 14.1. The molecule has 0 aliphatic heterocycles. The zero-order valence-corrected chi connectivity index (χ0v) is 14.2. The lowest BCUT2D eigenvalue weighted by Crippen LogP contribution is -2.34. The Kier molecular flexibility index (Phi) is 3.36. The van der Waals surface area contributed by atoms with E-state index in [9.17, 15) is 0 Å². The third-order valence-electron chi connectivity index (χ3n) is 7.22. The summed E-state index contributed by atoms with van der Waals surface area (Å²) in [7, 11) is 0. The average molecular weight is 284 g/mol. The van der Waals surface area contributed by atoms with Crippen LogP contribution in [0.1, 0.15) is 72.1 Å². The molecule has 0 aromatic heterocycles. The van der Waals surface area contributed by atoms with Gasteiger partial charge in [0.2, 0.25) is 0 Å². The van der Waals surface area contributed by atoms with Crippen LogP contribution in [0, 0.1) is 35.0 Å². The van der Waals surface area contributed by atoms with Gasteiger partial charge < -0.3 is 0 Å². The molecule has 0 aromatic rings. The lowest BCUT2D eigenvalue weighted by molar-refractivity contribution is 0.106. The van der Waals surface area contributed by atoms with Gasteiger partial charge in [-0.15, -0.1) is 0 Å². The van der Waals surface area contributed by atoms with Gasteiger partial charge in [-0.3, -0.25) is 0 Å². The van der Waals surface area contributed by atoms with Gasteiger partial charge in [0.25, 0.3) is 0 Å². The number of allylic oxidation sites excluding steroid dienone is 4. The Morgan fingerprint density at radius 3 is 2.43 bits per heavy atom. The highest BCUT2D eigenvalue weighted by molar-refractivity contribution is 5.44. The smallest absolute Gasteiger partial charge is 0.00970 e. The van der Waals surface area contributed by atoms with Crippen LogP contribution in [0.3, 0.4) is 0 Å². The summed E-state index contributed by atoms with van der Waals surface area (Å²) in [4.78, 5) is 0. The third-order valence-corrected chi connectivity index (χ3v) is 7.22. The molecule has 0 heteroatoms. The summed E-state index contributed by atoms with van der Waals surface area (Å²) in [5.74, 6) is 4.82. The Balaban J connectivity index is 1.69. The van der Waals surface area contributed by atoms with Crippen LogP contribution in [-0.2, 0) is 0 Å². The van der Waals surface area contributed by atoms with E-state index < -0.39 is 0 Å². The predicted octanol–water partition coefficient (Wildman–Crippen LogP) is 6.14. The highest BCUT2D eigenvalue weighted by Gasteiger charge is 2.53. The van der Waals surface area contributed by atoms with Crippen LogP contribution in [0.2, 0.25) is 0 Å². The van der Waals surface area contributed by atoms with Crippen LogP contribution >= 0.6 is 0 Å². The molecule has 4 rings (SSSR count). The van der Waals surface area contributed by atoms with Crippen molar-refractivity contribution >= 4 is 0 Å². The monoisotopic (exact) mass is 284 g/mol. The van der Waals surface area contributed by atoms with E-state index in [1.807, 2.05) is 11.1 Å². The fourth-order valence-corrected chi connectivity index (χ4v) is 6.44. The Morgan fingerprint density at radius 1 is 0.952 bits per heavy atom. The Labute approximate surface area is 131 Å². The molecule has 21 heavy (non-hydrogen) atoms. The third kappa shape index (κ3) is 2.16. The molecule has 4 aliphatic carbocycles. The fraction of sp³-hybridized carbons (Fsp3) is 0.810. The summed E-state index contributed by atoms with van der Waals surface area (Å²) in [6.45, 7) is 7.49. The molecule has 0 amide bonds. The van der Waals surface area contributed by atoms with Gasteiger partial charge in [-0.2, -0.15) is 0 Å². The van der Waals surface area contributed by atoms with Gasteiger partial charge in [-0.1, -0.05) is 57.8 Å². The highest BCUT2D eigenvalue weighted by Crippen LogP contribution is 2.62. The largest absolute Gasteiger partial charge is 0.0802 e. The lowest BCUT2D eigenvalue weighted by atomic mass is 9.64. The second-order valence-corrected chi connectivity index (χ2v) is 9.24. The number of hydrogen-bond acceptors (Lipinski definition) is 0. The van der Waals surface area contributed by atoms with Crippen LogP contribution < -0.4 is 0 Å². The first-order chi connectivity index (χ1) is 10.1. The lowest BCUT2D eigenvalue weighted by Gasteiger charge is -2.40. The van der Waals surface area contributed by atoms with Crippen molar-refractivity contribution in [3.63, 3.8) is 0 Å². The van der Waals surface area contributed by atoms with Crippen molar-refractivity contribution in [2.24, 2.45) is 35.0 Å². The van der Waals surface area contributed by atoms with Crippen LogP contribution in [0.4, 0.5) is 0 Å². The molecule has 0 nitrogen and oxygen atoms in total. The standard InChI is InChI=1S/C21H32/c1-21(2,3)18-13-12-17-15-10-7-11-16(15)19(20(17)18)14-8-5-4-6-9-14/h7,11,14,17-20H,4-6,8-10,12-13H2,1-3H3. The van der Waals surface area contributed by atoms with Gasteiger partial charge in [-0.25, -0.2) is 0 Å². The molecule has 4 unspecified atom stereocenters. The first-order valence-electron chi connectivity index (χ1n) is 9.47. The van der Waals surface area contributed by atoms with Crippen LogP contribution in [0.15, 0.2) is 23.3 Å². The quantitative estimate of drug-likeness (QED) is 0.542. The van der Waals surface area contributed by atoms with Crippen molar-refractivity contribution in [1.29, 1.82) is 0 Å². The molecule has 0 heterocycles. The van der Waals surface area contributed by atoms with Crippen LogP contribution in [0.5, 0.6) is 0 Å². The molecule has 0 radical (unpaired) electrons. The fourth-order valence-electron chi connectivity index (χ4n) is 6.44. The molecule has 0 saturated heterocycles. The van der Waals surface area contributed by atoms with Crippen molar-refractivity contribution in [2.75, 3.05) is 0 Å². The molecule has 4 aliphatic rings. The zero-order valence-electron chi connectivity index (χ0n) is 14.2. The van der Waals surface area contributed by atoms with Gasteiger partial charge in [0, 0.05) is 0 Å². The van der Waals surface area contributed by atoms with Gasteiger partial charge in [-0.05, 0) is 72.7 Å². The maximum Gasteiger partial charge on any atom is -0.00970 e. The molecule has 116 valence electrons. The van der Waals surface area contributed by atoms with Crippen molar-refractivity contribution < 1.29 is 0 Å². The van der Waals surface area contributed by atoms with Gasteiger partial charge in [0.1, 0.15) is 0 Å². The van der Waals surface area contributed by atoms with E-state index in [2.05, 4.69) is 32.9 Å². The SMILES string of the molecule is CC(C)(C)C1CCC2C3=C(C=CC3)C(C3CCCCC3)C21. The van der Waals surface area contributed by atoms with Gasteiger partial charge >= 0.3 is 0 Å². The van der Waals surface area contributed by atoms with Crippen LogP contribution in [-0.4, -0.2) is 0 Å². The molecule has 0 spiro atoms. The first-order valence-corrected chi connectivity index (χ1v) is 9.47. The number of fused-ring (bicyclic) bond motifs is 2. The van der Waals surface area contributed by atoms with Crippen molar-refractivity contribution in [3.05, 3.63) is 23.3 Å². The Morgan fingerprint density at radius 2 is 1.71 bits per heavy atom. The Bertz CT molecular complexity index is 467. The number of rotatable bonds is 1. The van der Waals surface area contributed by atoms with Crippen molar-refractivity contribution in [2.45, 2.75) is 72.1 Å². The number of hydrogen-bond donors (Lipinski definition) is 0. The summed E-state index contributed by atoms with van der Waals surface area (Å²) in [5, 5.41) is 0. The second kappa shape index (κ2) is 5.00. The van der Waals surface area contributed by atoms with E-state index in [4.69, 9.17) is 0 Å². The molecule has 0 bridgehead atoms. The highest BCUT2D eigenvalue weighted by atomic mass is 14.6. The molecule has 0 N–H and O–H groups in total. The van der Waals surface area contributed by atoms with E-state index in [0.717, 1.165) is 29.6 Å². The maximum absolute atomic E-state index is 2.53. The summed E-state index contributed by atoms with van der Waals surface area (Å²) >= 11 is 0. The molecular weight excluding hydrogens is 252 g/mol. The minimum Gasteiger partial charge on any atom is -0.0802 e. The molecule has 0 aromatic carbocycles. The summed E-state index contributed by atoms with van der Waals surface area (Å²) in [6.07, 6.45) is 16.7. The predicted molar refractivity (Wildman–Crippen MR) is 90.0 cm³/mol. The molecule has 4 atom stereocenters. The second-order valence-electron chi connectivity index (χ2n) is 9.24. The summed E-state index contributed by atoms with van der Waals surface area (Å²) < 4.78 is 0. The van der Waals surface area contributed by atoms with E-state index in [-0.39, 0.29) is 0 Å². The summed E-state index contributed by atoms with van der Waals surface area (Å²) in [5.41, 5.74) is 4.20. The van der Waals surface area contributed by atoms with Crippen LogP contribution in [0.25, 0.3) is 0 Å².